The zero-order valence-corrected chi connectivity index (χ0v) is 11.8. The smallest absolute Gasteiger partial charge is 0.316 e. The Labute approximate surface area is 123 Å². The molecule has 0 saturated heterocycles. The fourth-order valence-electron chi connectivity index (χ4n) is 2.30. The number of hydrogen-bond donors (Lipinski definition) is 1. The lowest BCUT2D eigenvalue weighted by molar-refractivity contribution is 0.311. The predicted octanol–water partition coefficient (Wildman–Crippen LogP) is 2.81. The summed E-state index contributed by atoms with van der Waals surface area (Å²) < 4.78 is 5.34. The molecule has 0 radical (unpaired) electrons. The summed E-state index contributed by atoms with van der Waals surface area (Å²) in [6.45, 7) is 6.11. The van der Waals surface area contributed by atoms with Crippen molar-refractivity contribution in [3.8, 4) is 6.01 Å². The van der Waals surface area contributed by atoms with E-state index in [1.807, 2.05) is 31.5 Å². The zero-order valence-electron chi connectivity index (χ0n) is 11.8. The van der Waals surface area contributed by atoms with E-state index in [4.69, 9.17) is 4.74 Å². The van der Waals surface area contributed by atoms with Gasteiger partial charge in [0, 0.05) is 29.9 Å². The highest BCUT2D eigenvalue weighted by molar-refractivity contribution is 5.83. The highest BCUT2D eigenvalue weighted by Gasteiger charge is 2.18. The van der Waals surface area contributed by atoms with Gasteiger partial charge in [0.2, 0.25) is 0 Å². The first kappa shape index (κ1) is 13.3. The molecule has 0 fully saturated rings. The Bertz CT molecular complexity index is 692. The molecule has 1 N–H and O–H groups in total. The molecule has 0 saturated carbocycles. The molecule has 0 spiro atoms. The minimum atomic E-state index is 0.439. The van der Waals surface area contributed by atoms with Gasteiger partial charge in [0.25, 0.3) is 0 Å². The maximum Gasteiger partial charge on any atom is 0.316 e. The number of nitrogens with zero attached hydrogens (tertiary/aromatic N) is 3. The standard InChI is InChI=1S/C16H16N4O/c1-3-17-15-8-5-11(9-18-15)12-6-7-14-13(12)10-19-16(20-14)21-4-2/h3,5-6,8-10H,1,4,7H2,2H3,(H,17,18). The number of fused-ring (bicyclic) bond motifs is 1. The van der Waals surface area contributed by atoms with Crippen LogP contribution in [0.15, 0.2) is 43.4 Å². The van der Waals surface area contributed by atoms with Crippen LogP contribution in [0.5, 0.6) is 6.01 Å². The van der Waals surface area contributed by atoms with E-state index in [9.17, 15) is 0 Å². The first-order valence-corrected chi connectivity index (χ1v) is 6.85. The Kier molecular flexibility index (Phi) is 3.64. The topological polar surface area (TPSA) is 59.9 Å². The fraction of sp³-hybridized carbons (Fsp3) is 0.188. The number of anilines is 1. The molecule has 3 rings (SSSR count). The number of allylic oxidation sites excluding steroid dienone is 1. The number of nitrogens with one attached hydrogen (secondary N) is 1. The predicted molar refractivity (Wildman–Crippen MR) is 82.0 cm³/mol. The van der Waals surface area contributed by atoms with E-state index in [1.54, 1.807) is 6.20 Å². The number of aromatic nitrogens is 3. The number of pyridine rings is 1. The maximum absolute atomic E-state index is 5.34. The third kappa shape index (κ3) is 2.63. The maximum atomic E-state index is 5.34. The summed E-state index contributed by atoms with van der Waals surface area (Å²) in [7, 11) is 0. The minimum absolute atomic E-state index is 0.439. The van der Waals surface area contributed by atoms with Gasteiger partial charge in [0.1, 0.15) is 5.82 Å². The molecule has 0 unspecified atom stereocenters. The van der Waals surface area contributed by atoms with Crippen LogP contribution in [-0.2, 0) is 6.42 Å². The van der Waals surface area contributed by atoms with Gasteiger partial charge in [-0.15, -0.1) is 0 Å². The third-order valence-corrected chi connectivity index (χ3v) is 3.23. The summed E-state index contributed by atoms with van der Waals surface area (Å²) in [6.07, 6.45) is 8.20. The summed E-state index contributed by atoms with van der Waals surface area (Å²) in [5, 5.41) is 2.96. The van der Waals surface area contributed by atoms with Gasteiger partial charge >= 0.3 is 6.01 Å². The molecule has 5 nitrogen and oxygen atoms in total. The summed E-state index contributed by atoms with van der Waals surface area (Å²) in [6, 6.07) is 4.39. The average Bonchev–Trinajstić information content (AvgIpc) is 2.92. The zero-order chi connectivity index (χ0) is 14.7. The van der Waals surface area contributed by atoms with Gasteiger partial charge in [0.05, 0.1) is 12.3 Å². The molecule has 2 aromatic heterocycles. The molecule has 106 valence electrons. The number of rotatable bonds is 5. The van der Waals surface area contributed by atoms with Crippen molar-refractivity contribution in [1.29, 1.82) is 0 Å². The molecular formula is C16H16N4O. The summed E-state index contributed by atoms with van der Waals surface area (Å²) in [5.41, 5.74) is 4.21. The molecule has 2 aromatic rings. The fourth-order valence-corrected chi connectivity index (χ4v) is 2.30. The second-order valence-electron chi connectivity index (χ2n) is 4.55. The van der Waals surface area contributed by atoms with Gasteiger partial charge in [-0.3, -0.25) is 0 Å². The quantitative estimate of drug-likeness (QED) is 0.912. The molecule has 5 heteroatoms. The summed E-state index contributed by atoms with van der Waals surface area (Å²) in [4.78, 5) is 13.0. The van der Waals surface area contributed by atoms with Crippen LogP contribution in [0.3, 0.4) is 0 Å². The Morgan fingerprint density at radius 3 is 2.95 bits per heavy atom. The van der Waals surface area contributed by atoms with E-state index in [0.717, 1.165) is 34.6 Å². The number of hydrogen-bond acceptors (Lipinski definition) is 5. The van der Waals surface area contributed by atoms with Crippen molar-refractivity contribution in [1.82, 2.24) is 15.0 Å². The van der Waals surface area contributed by atoms with Crippen molar-refractivity contribution < 1.29 is 4.74 Å². The molecule has 21 heavy (non-hydrogen) atoms. The van der Waals surface area contributed by atoms with Crippen LogP contribution in [0.1, 0.15) is 23.7 Å². The van der Waals surface area contributed by atoms with Crippen molar-refractivity contribution in [2.45, 2.75) is 13.3 Å². The van der Waals surface area contributed by atoms with E-state index < -0.39 is 0 Å². The molecule has 0 atom stereocenters. The van der Waals surface area contributed by atoms with Crippen molar-refractivity contribution in [3.05, 3.63) is 60.2 Å². The Morgan fingerprint density at radius 2 is 2.24 bits per heavy atom. The molecule has 0 amide bonds. The van der Waals surface area contributed by atoms with Crippen LogP contribution in [-0.4, -0.2) is 21.6 Å². The average molecular weight is 280 g/mol. The van der Waals surface area contributed by atoms with Crippen molar-refractivity contribution in [2.24, 2.45) is 0 Å². The van der Waals surface area contributed by atoms with E-state index in [0.29, 0.717) is 12.6 Å². The van der Waals surface area contributed by atoms with Crippen molar-refractivity contribution in [2.75, 3.05) is 11.9 Å². The largest absolute Gasteiger partial charge is 0.464 e. The summed E-state index contributed by atoms with van der Waals surface area (Å²) >= 11 is 0. The van der Waals surface area contributed by atoms with Gasteiger partial charge in [0.15, 0.2) is 0 Å². The molecule has 0 aromatic carbocycles. The molecular weight excluding hydrogens is 264 g/mol. The van der Waals surface area contributed by atoms with E-state index in [1.165, 1.54) is 0 Å². The molecule has 2 heterocycles. The van der Waals surface area contributed by atoms with Gasteiger partial charge < -0.3 is 10.1 Å². The SMILES string of the molecule is C=CNc1ccc(C2=CCc3nc(OCC)ncc32)cn1. The Morgan fingerprint density at radius 1 is 1.33 bits per heavy atom. The Hall–Kier alpha value is -2.69. The molecule has 0 aliphatic heterocycles. The van der Waals surface area contributed by atoms with Crippen LogP contribution in [0.25, 0.3) is 5.57 Å². The highest BCUT2D eigenvalue weighted by Crippen LogP contribution is 2.31. The van der Waals surface area contributed by atoms with Crippen LogP contribution < -0.4 is 10.1 Å². The van der Waals surface area contributed by atoms with E-state index in [-0.39, 0.29) is 0 Å². The normalized spacial score (nSPS) is 12.5. The van der Waals surface area contributed by atoms with Gasteiger partial charge in [-0.05, 0) is 30.8 Å². The van der Waals surface area contributed by atoms with E-state index in [2.05, 4.69) is 32.9 Å². The number of ether oxygens (including phenoxy) is 1. The summed E-state index contributed by atoms with van der Waals surface area (Å²) in [5.74, 6) is 0.774. The van der Waals surface area contributed by atoms with Gasteiger partial charge in [-0.25, -0.2) is 9.97 Å². The van der Waals surface area contributed by atoms with Crippen LogP contribution in [0.4, 0.5) is 5.82 Å². The monoisotopic (exact) mass is 280 g/mol. The molecule has 1 aliphatic carbocycles. The van der Waals surface area contributed by atoms with E-state index >= 15 is 0 Å². The first-order chi connectivity index (χ1) is 10.3. The van der Waals surface area contributed by atoms with Crippen molar-refractivity contribution >= 4 is 11.4 Å². The lowest BCUT2D eigenvalue weighted by Crippen LogP contribution is -2.01. The van der Waals surface area contributed by atoms with Crippen LogP contribution in [0, 0.1) is 0 Å². The van der Waals surface area contributed by atoms with Crippen LogP contribution >= 0.6 is 0 Å². The highest BCUT2D eigenvalue weighted by atomic mass is 16.5. The first-order valence-electron chi connectivity index (χ1n) is 6.85. The molecule has 0 bridgehead atoms. The van der Waals surface area contributed by atoms with Gasteiger partial charge in [-0.1, -0.05) is 12.7 Å². The lowest BCUT2D eigenvalue weighted by Gasteiger charge is -2.07. The lowest BCUT2D eigenvalue weighted by atomic mass is 10.0. The van der Waals surface area contributed by atoms with Crippen LogP contribution in [0.2, 0.25) is 0 Å². The second-order valence-corrected chi connectivity index (χ2v) is 4.55. The Balaban J connectivity index is 1.87. The van der Waals surface area contributed by atoms with Crippen molar-refractivity contribution in [3.63, 3.8) is 0 Å². The third-order valence-electron chi connectivity index (χ3n) is 3.23. The minimum Gasteiger partial charge on any atom is -0.464 e. The second kappa shape index (κ2) is 5.75. The molecule has 1 aliphatic rings. The van der Waals surface area contributed by atoms with Gasteiger partial charge in [-0.2, -0.15) is 4.98 Å².